The molecule has 0 bridgehead atoms. The second-order valence-corrected chi connectivity index (χ2v) is 6.64. The minimum Gasteiger partial charge on any atom is -0.278 e. The van der Waals surface area contributed by atoms with E-state index in [0.717, 1.165) is 28.1 Å². The zero-order valence-electron chi connectivity index (χ0n) is 15.1. The maximum absolute atomic E-state index is 13.3. The van der Waals surface area contributed by atoms with Gasteiger partial charge in [0.1, 0.15) is 17.0 Å². The topological polar surface area (TPSA) is 72.3 Å². The summed E-state index contributed by atoms with van der Waals surface area (Å²) in [6.07, 6.45) is 0.340. The third kappa shape index (κ3) is 2.82. The van der Waals surface area contributed by atoms with Crippen LogP contribution in [0.4, 0.5) is 13.2 Å². The molecule has 0 saturated heterocycles. The lowest BCUT2D eigenvalue weighted by Gasteiger charge is -2.11. The number of aryl methyl sites for hydroxylation is 1. The second kappa shape index (κ2) is 6.13. The van der Waals surface area contributed by atoms with Crippen molar-refractivity contribution in [1.29, 1.82) is 0 Å². The van der Waals surface area contributed by atoms with Gasteiger partial charge in [0.15, 0.2) is 5.65 Å². The van der Waals surface area contributed by atoms with E-state index in [-0.39, 0.29) is 5.65 Å². The fourth-order valence-electron chi connectivity index (χ4n) is 3.40. The summed E-state index contributed by atoms with van der Waals surface area (Å²) in [6, 6.07) is 9.52. The van der Waals surface area contributed by atoms with Crippen molar-refractivity contribution in [2.24, 2.45) is 0 Å². The molecule has 4 heterocycles. The van der Waals surface area contributed by atoms with Crippen LogP contribution in [0.15, 0.2) is 55.0 Å². The summed E-state index contributed by atoms with van der Waals surface area (Å²) in [6.45, 7) is 1.91. The fraction of sp³-hybridized carbons (Fsp3) is 0.100. The number of halogens is 3. The lowest BCUT2D eigenvalue weighted by atomic mass is 10.1. The third-order valence-electron chi connectivity index (χ3n) is 4.72. The van der Waals surface area contributed by atoms with E-state index in [1.165, 1.54) is 6.07 Å². The Morgan fingerprint density at radius 2 is 1.79 bits per heavy atom. The number of imidazole rings is 1. The molecule has 0 aliphatic rings. The van der Waals surface area contributed by atoms with Gasteiger partial charge in [-0.1, -0.05) is 0 Å². The van der Waals surface area contributed by atoms with Gasteiger partial charge in [0.2, 0.25) is 0 Å². The zero-order valence-corrected chi connectivity index (χ0v) is 15.1. The van der Waals surface area contributed by atoms with Crippen LogP contribution in [0.5, 0.6) is 0 Å². The van der Waals surface area contributed by atoms with Crippen molar-refractivity contribution in [3.63, 3.8) is 0 Å². The molecule has 4 aromatic heterocycles. The van der Waals surface area contributed by atoms with Gasteiger partial charge in [0.05, 0.1) is 17.4 Å². The number of alkyl halides is 3. The Bertz CT molecular complexity index is 1350. The first kappa shape index (κ1) is 17.4. The van der Waals surface area contributed by atoms with Crippen molar-refractivity contribution in [2.45, 2.75) is 13.1 Å². The Kier molecular flexibility index (Phi) is 3.67. The molecule has 0 radical (unpaired) electrons. The van der Waals surface area contributed by atoms with E-state index in [9.17, 15) is 13.2 Å². The maximum Gasteiger partial charge on any atom is 0.433 e. The average molecular weight is 394 g/mol. The van der Waals surface area contributed by atoms with Gasteiger partial charge in [-0.2, -0.15) is 18.3 Å². The number of hydrogen-bond donors (Lipinski definition) is 1. The highest BCUT2D eigenvalue weighted by atomic mass is 19.4. The van der Waals surface area contributed by atoms with Gasteiger partial charge in [-0.3, -0.25) is 14.6 Å². The molecule has 6 nitrogen and oxygen atoms in total. The maximum atomic E-state index is 13.3. The normalized spacial score (nSPS) is 12.1. The van der Waals surface area contributed by atoms with Crippen LogP contribution in [-0.4, -0.2) is 29.7 Å². The van der Waals surface area contributed by atoms with Crippen LogP contribution in [0.3, 0.4) is 0 Å². The number of aromatic amines is 1. The molecular weight excluding hydrogens is 381 g/mol. The molecular formula is C20H13F3N6. The molecule has 0 unspecified atom stereocenters. The number of H-pyrrole nitrogens is 1. The Balaban J connectivity index is 1.87. The summed E-state index contributed by atoms with van der Waals surface area (Å²) in [4.78, 5) is 12.5. The van der Waals surface area contributed by atoms with Gasteiger partial charge >= 0.3 is 6.18 Å². The summed E-state index contributed by atoms with van der Waals surface area (Å²) >= 11 is 0. The van der Waals surface area contributed by atoms with Crippen LogP contribution >= 0.6 is 0 Å². The number of fused-ring (bicyclic) bond motifs is 2. The monoisotopic (exact) mass is 394 g/mol. The molecule has 0 atom stereocenters. The van der Waals surface area contributed by atoms with Crippen molar-refractivity contribution in [3.8, 4) is 17.1 Å². The number of pyridine rings is 2. The number of rotatable bonds is 2. The Labute approximate surface area is 162 Å². The Morgan fingerprint density at radius 3 is 2.55 bits per heavy atom. The van der Waals surface area contributed by atoms with Gasteiger partial charge < -0.3 is 0 Å². The summed E-state index contributed by atoms with van der Waals surface area (Å²) < 4.78 is 41.5. The molecule has 0 fully saturated rings. The number of aromatic nitrogens is 6. The van der Waals surface area contributed by atoms with E-state index in [0.29, 0.717) is 17.0 Å². The predicted molar refractivity (Wildman–Crippen MR) is 101 cm³/mol. The SMILES string of the molecule is Cc1cc(-n2c(-c3ccncc3)nc3ccc(C(F)(F)F)nc32)cc2cn[nH]c12. The minimum absolute atomic E-state index is 0.133. The van der Waals surface area contributed by atoms with Gasteiger partial charge in [-0.15, -0.1) is 0 Å². The van der Waals surface area contributed by atoms with E-state index in [1.807, 2.05) is 19.1 Å². The molecule has 5 aromatic rings. The molecule has 1 aromatic carbocycles. The lowest BCUT2D eigenvalue weighted by Crippen LogP contribution is -2.09. The van der Waals surface area contributed by atoms with Crippen molar-refractivity contribution in [1.82, 2.24) is 29.7 Å². The summed E-state index contributed by atoms with van der Waals surface area (Å²) in [5, 5.41) is 7.82. The van der Waals surface area contributed by atoms with Gasteiger partial charge in [-0.25, -0.2) is 9.97 Å². The molecule has 0 aliphatic heterocycles. The van der Waals surface area contributed by atoms with E-state index in [4.69, 9.17) is 0 Å². The fourth-order valence-corrected chi connectivity index (χ4v) is 3.40. The smallest absolute Gasteiger partial charge is 0.278 e. The van der Waals surface area contributed by atoms with E-state index >= 15 is 0 Å². The molecule has 0 amide bonds. The third-order valence-corrected chi connectivity index (χ3v) is 4.72. The molecule has 0 spiro atoms. The Hall–Kier alpha value is -3.75. The van der Waals surface area contributed by atoms with Gasteiger partial charge in [0, 0.05) is 23.3 Å². The van der Waals surface area contributed by atoms with Crippen LogP contribution in [0.1, 0.15) is 11.3 Å². The van der Waals surface area contributed by atoms with Crippen LogP contribution < -0.4 is 0 Å². The van der Waals surface area contributed by atoms with E-state index in [2.05, 4.69) is 25.1 Å². The summed E-state index contributed by atoms with van der Waals surface area (Å²) in [5.41, 5.74) is 2.68. The van der Waals surface area contributed by atoms with Crippen molar-refractivity contribution in [3.05, 3.63) is 66.2 Å². The first-order valence-corrected chi connectivity index (χ1v) is 8.73. The predicted octanol–water partition coefficient (Wildman–Crippen LogP) is 4.69. The highest BCUT2D eigenvalue weighted by molar-refractivity contribution is 5.86. The molecule has 9 heteroatoms. The Morgan fingerprint density at radius 1 is 1.00 bits per heavy atom. The molecule has 0 aliphatic carbocycles. The van der Waals surface area contributed by atoms with Crippen LogP contribution in [0.2, 0.25) is 0 Å². The second-order valence-electron chi connectivity index (χ2n) is 6.64. The van der Waals surface area contributed by atoms with Gasteiger partial charge in [-0.05, 0) is 48.9 Å². The molecule has 1 N–H and O–H groups in total. The number of hydrogen-bond acceptors (Lipinski definition) is 4. The molecule has 0 saturated carbocycles. The highest BCUT2D eigenvalue weighted by Gasteiger charge is 2.33. The zero-order chi connectivity index (χ0) is 20.2. The number of nitrogens with one attached hydrogen (secondary N) is 1. The standard InChI is InChI=1S/C20H13F3N6/c1-11-8-14(9-13-10-25-28-17(11)13)29-18(12-4-6-24-7-5-12)26-15-2-3-16(20(21,22)23)27-19(15)29/h2-10H,1H3,(H,25,28). The van der Waals surface area contributed by atoms with E-state index in [1.54, 1.807) is 35.3 Å². The van der Waals surface area contributed by atoms with Gasteiger partial charge in [0.25, 0.3) is 0 Å². The summed E-state index contributed by atoms with van der Waals surface area (Å²) in [5.74, 6) is 0.483. The number of nitrogens with zero attached hydrogens (tertiary/aromatic N) is 5. The van der Waals surface area contributed by atoms with Crippen molar-refractivity contribution < 1.29 is 13.2 Å². The van der Waals surface area contributed by atoms with Crippen LogP contribution in [0.25, 0.3) is 39.1 Å². The quantitative estimate of drug-likeness (QED) is 0.472. The lowest BCUT2D eigenvalue weighted by molar-refractivity contribution is -0.141. The molecule has 29 heavy (non-hydrogen) atoms. The van der Waals surface area contributed by atoms with E-state index < -0.39 is 11.9 Å². The summed E-state index contributed by atoms with van der Waals surface area (Å²) in [7, 11) is 0. The highest BCUT2D eigenvalue weighted by Crippen LogP contribution is 2.33. The van der Waals surface area contributed by atoms with Crippen molar-refractivity contribution in [2.75, 3.05) is 0 Å². The van der Waals surface area contributed by atoms with Crippen LogP contribution in [0, 0.1) is 6.92 Å². The first-order valence-electron chi connectivity index (χ1n) is 8.73. The first-order chi connectivity index (χ1) is 13.9. The molecule has 144 valence electrons. The number of benzene rings is 1. The molecule has 5 rings (SSSR count). The van der Waals surface area contributed by atoms with Crippen LogP contribution in [-0.2, 0) is 6.18 Å². The minimum atomic E-state index is -4.55. The van der Waals surface area contributed by atoms with Crippen molar-refractivity contribution >= 4 is 22.1 Å². The largest absolute Gasteiger partial charge is 0.433 e. The average Bonchev–Trinajstić information content (AvgIpc) is 3.32.